The predicted octanol–water partition coefficient (Wildman–Crippen LogP) is 1.22. The van der Waals surface area contributed by atoms with E-state index >= 15 is 0 Å². The fourth-order valence-electron chi connectivity index (χ4n) is 1.68. The van der Waals surface area contributed by atoms with Crippen LogP contribution in [0.25, 0.3) is 0 Å². The minimum atomic E-state index is -0.180. The van der Waals surface area contributed by atoms with Gasteiger partial charge in [-0.1, -0.05) is 6.92 Å². The van der Waals surface area contributed by atoms with Crippen molar-refractivity contribution >= 4 is 5.91 Å². The predicted molar refractivity (Wildman–Crippen MR) is 74.3 cm³/mol. The van der Waals surface area contributed by atoms with Gasteiger partial charge in [0.25, 0.3) is 0 Å². The first-order chi connectivity index (χ1) is 9.03. The van der Waals surface area contributed by atoms with Crippen molar-refractivity contribution in [3.8, 4) is 11.5 Å². The Bertz CT molecular complexity index is 447. The molecule has 0 aliphatic carbocycles. The van der Waals surface area contributed by atoms with Gasteiger partial charge in [-0.15, -0.1) is 0 Å². The average Bonchev–Trinajstić information content (AvgIpc) is 2.44. The smallest absolute Gasteiger partial charge is 0.224 e. The van der Waals surface area contributed by atoms with Crippen molar-refractivity contribution in [1.82, 2.24) is 5.32 Å². The van der Waals surface area contributed by atoms with Gasteiger partial charge in [-0.2, -0.15) is 0 Å². The van der Waals surface area contributed by atoms with Crippen molar-refractivity contribution in [1.29, 1.82) is 0 Å². The second-order valence-corrected chi connectivity index (χ2v) is 4.49. The number of amides is 1. The molecule has 0 aromatic heterocycles. The second kappa shape index (κ2) is 6.99. The highest BCUT2D eigenvalue weighted by Crippen LogP contribution is 2.30. The standard InChI is InChI=1S/C14H22N2O3/c1-9-5-12(18-3)13(19-4)6-11(9)8-16-14(17)10(2)7-15/h5-6,10H,7-8,15H2,1-4H3,(H,16,17). The Balaban J connectivity index is 2.81. The summed E-state index contributed by atoms with van der Waals surface area (Å²) in [7, 11) is 3.19. The lowest BCUT2D eigenvalue weighted by Crippen LogP contribution is -2.32. The molecule has 0 fully saturated rings. The monoisotopic (exact) mass is 266 g/mol. The first kappa shape index (κ1) is 15.3. The number of nitrogens with one attached hydrogen (secondary N) is 1. The summed E-state index contributed by atoms with van der Waals surface area (Å²) in [5, 5.41) is 2.86. The van der Waals surface area contributed by atoms with E-state index in [2.05, 4.69) is 5.32 Å². The average molecular weight is 266 g/mol. The minimum Gasteiger partial charge on any atom is -0.493 e. The molecular weight excluding hydrogens is 244 g/mol. The number of carbonyl (C=O) groups excluding carboxylic acids is 1. The fraction of sp³-hybridized carbons (Fsp3) is 0.500. The first-order valence-electron chi connectivity index (χ1n) is 6.22. The maximum Gasteiger partial charge on any atom is 0.224 e. The summed E-state index contributed by atoms with van der Waals surface area (Å²) < 4.78 is 10.5. The number of rotatable bonds is 6. The van der Waals surface area contributed by atoms with Crippen LogP contribution in [0.15, 0.2) is 12.1 Å². The fourth-order valence-corrected chi connectivity index (χ4v) is 1.68. The number of carbonyl (C=O) groups is 1. The molecule has 0 saturated carbocycles. The molecule has 0 aliphatic rings. The molecule has 1 aromatic carbocycles. The molecular formula is C14H22N2O3. The summed E-state index contributed by atoms with van der Waals surface area (Å²) in [6, 6.07) is 3.77. The lowest BCUT2D eigenvalue weighted by molar-refractivity contribution is -0.124. The molecule has 1 aromatic rings. The third-order valence-electron chi connectivity index (χ3n) is 3.10. The SMILES string of the molecule is COc1cc(C)c(CNC(=O)C(C)CN)cc1OC. The Kier molecular flexibility index (Phi) is 5.63. The molecule has 3 N–H and O–H groups in total. The Morgan fingerprint density at radius 1 is 1.32 bits per heavy atom. The van der Waals surface area contributed by atoms with E-state index in [0.29, 0.717) is 24.6 Å². The van der Waals surface area contributed by atoms with Crippen LogP contribution in [0.2, 0.25) is 0 Å². The Labute approximate surface area is 114 Å². The number of hydrogen-bond donors (Lipinski definition) is 2. The van der Waals surface area contributed by atoms with Crippen LogP contribution in [0.4, 0.5) is 0 Å². The van der Waals surface area contributed by atoms with Crippen LogP contribution >= 0.6 is 0 Å². The van der Waals surface area contributed by atoms with E-state index in [9.17, 15) is 4.79 Å². The van der Waals surface area contributed by atoms with Crippen LogP contribution in [-0.4, -0.2) is 26.7 Å². The van der Waals surface area contributed by atoms with Gasteiger partial charge in [-0.05, 0) is 30.2 Å². The Hall–Kier alpha value is -1.75. The van der Waals surface area contributed by atoms with Crippen molar-refractivity contribution in [2.45, 2.75) is 20.4 Å². The van der Waals surface area contributed by atoms with Gasteiger partial charge >= 0.3 is 0 Å². The molecule has 1 rings (SSSR count). The van der Waals surface area contributed by atoms with E-state index in [-0.39, 0.29) is 11.8 Å². The summed E-state index contributed by atoms with van der Waals surface area (Å²) in [5.74, 6) is 1.12. The zero-order chi connectivity index (χ0) is 14.4. The second-order valence-electron chi connectivity index (χ2n) is 4.49. The molecule has 0 saturated heterocycles. The van der Waals surface area contributed by atoms with E-state index in [1.165, 1.54) is 0 Å². The van der Waals surface area contributed by atoms with Crippen LogP contribution in [-0.2, 0) is 11.3 Å². The van der Waals surface area contributed by atoms with Gasteiger partial charge in [0.1, 0.15) is 0 Å². The number of methoxy groups -OCH3 is 2. The summed E-state index contributed by atoms with van der Waals surface area (Å²) in [6.45, 7) is 4.57. The molecule has 0 radical (unpaired) electrons. The van der Waals surface area contributed by atoms with Gasteiger partial charge in [0, 0.05) is 19.0 Å². The molecule has 19 heavy (non-hydrogen) atoms. The highest BCUT2D eigenvalue weighted by Gasteiger charge is 2.12. The summed E-state index contributed by atoms with van der Waals surface area (Å²) in [6.07, 6.45) is 0. The number of ether oxygens (including phenoxy) is 2. The van der Waals surface area contributed by atoms with E-state index in [1.807, 2.05) is 19.1 Å². The van der Waals surface area contributed by atoms with Crippen molar-refractivity contribution in [2.75, 3.05) is 20.8 Å². The summed E-state index contributed by atoms with van der Waals surface area (Å²) >= 11 is 0. The minimum absolute atomic E-state index is 0.0447. The Morgan fingerprint density at radius 2 is 1.89 bits per heavy atom. The Morgan fingerprint density at radius 3 is 2.42 bits per heavy atom. The van der Waals surface area contributed by atoms with Crippen LogP contribution in [0, 0.1) is 12.8 Å². The molecule has 0 spiro atoms. The quantitative estimate of drug-likeness (QED) is 0.812. The molecule has 0 aliphatic heterocycles. The maximum atomic E-state index is 11.7. The van der Waals surface area contributed by atoms with Crippen molar-refractivity contribution < 1.29 is 14.3 Å². The number of hydrogen-bond acceptors (Lipinski definition) is 4. The highest BCUT2D eigenvalue weighted by molar-refractivity contribution is 5.78. The third-order valence-corrected chi connectivity index (χ3v) is 3.10. The molecule has 5 heteroatoms. The lowest BCUT2D eigenvalue weighted by atomic mass is 10.1. The van der Waals surface area contributed by atoms with Gasteiger partial charge in [-0.25, -0.2) is 0 Å². The van der Waals surface area contributed by atoms with E-state index < -0.39 is 0 Å². The molecule has 106 valence electrons. The zero-order valence-corrected chi connectivity index (χ0v) is 11.9. The van der Waals surface area contributed by atoms with E-state index in [1.54, 1.807) is 21.1 Å². The van der Waals surface area contributed by atoms with E-state index in [0.717, 1.165) is 11.1 Å². The highest BCUT2D eigenvalue weighted by atomic mass is 16.5. The van der Waals surface area contributed by atoms with Gasteiger partial charge in [0.05, 0.1) is 14.2 Å². The number of benzene rings is 1. The third kappa shape index (κ3) is 3.86. The normalized spacial score (nSPS) is 11.8. The number of aryl methyl sites for hydroxylation is 1. The van der Waals surface area contributed by atoms with Crippen molar-refractivity contribution in [3.05, 3.63) is 23.3 Å². The molecule has 0 heterocycles. The molecule has 1 amide bonds. The summed E-state index contributed by atoms with van der Waals surface area (Å²) in [5.41, 5.74) is 7.49. The lowest BCUT2D eigenvalue weighted by Gasteiger charge is -2.14. The van der Waals surface area contributed by atoms with Gasteiger partial charge < -0.3 is 20.5 Å². The van der Waals surface area contributed by atoms with Crippen LogP contribution < -0.4 is 20.5 Å². The van der Waals surface area contributed by atoms with Crippen LogP contribution in [0.1, 0.15) is 18.1 Å². The molecule has 5 nitrogen and oxygen atoms in total. The van der Waals surface area contributed by atoms with Gasteiger partial charge in [0.2, 0.25) is 5.91 Å². The van der Waals surface area contributed by atoms with Crippen molar-refractivity contribution in [2.24, 2.45) is 11.7 Å². The zero-order valence-electron chi connectivity index (χ0n) is 11.9. The van der Waals surface area contributed by atoms with Crippen LogP contribution in [0.5, 0.6) is 11.5 Å². The topological polar surface area (TPSA) is 73.6 Å². The molecule has 1 atom stereocenters. The largest absolute Gasteiger partial charge is 0.493 e. The van der Waals surface area contributed by atoms with Crippen molar-refractivity contribution in [3.63, 3.8) is 0 Å². The summed E-state index contributed by atoms with van der Waals surface area (Å²) in [4.78, 5) is 11.7. The van der Waals surface area contributed by atoms with Gasteiger partial charge in [0.15, 0.2) is 11.5 Å². The first-order valence-corrected chi connectivity index (χ1v) is 6.22. The molecule has 0 bridgehead atoms. The van der Waals surface area contributed by atoms with Gasteiger partial charge in [-0.3, -0.25) is 4.79 Å². The van der Waals surface area contributed by atoms with Crippen LogP contribution in [0.3, 0.4) is 0 Å². The molecule has 1 unspecified atom stereocenters. The maximum absolute atomic E-state index is 11.7. The number of nitrogens with two attached hydrogens (primary N) is 1. The van der Waals surface area contributed by atoms with E-state index in [4.69, 9.17) is 15.2 Å².